The number of hydrogen-bond acceptors (Lipinski definition) is 3. The third-order valence-corrected chi connectivity index (χ3v) is 5.70. The van der Waals surface area contributed by atoms with Crippen LogP contribution in [0.4, 0.5) is 0 Å². The third kappa shape index (κ3) is 2.88. The predicted octanol–water partition coefficient (Wildman–Crippen LogP) is 3.19. The molecule has 4 heteroatoms. The van der Waals surface area contributed by atoms with Crippen LogP contribution in [0.1, 0.15) is 76.1 Å². The number of rotatable bonds is 6. The van der Waals surface area contributed by atoms with Crippen LogP contribution in [0.15, 0.2) is 12.5 Å². The molecule has 2 saturated carbocycles. The van der Waals surface area contributed by atoms with E-state index in [1.54, 1.807) is 0 Å². The molecule has 118 valence electrons. The van der Waals surface area contributed by atoms with Crippen molar-refractivity contribution in [3.63, 3.8) is 0 Å². The minimum Gasteiger partial charge on any atom is -0.386 e. The van der Waals surface area contributed by atoms with Gasteiger partial charge in [0.05, 0.1) is 18.2 Å². The molecule has 0 saturated heterocycles. The van der Waals surface area contributed by atoms with E-state index in [-0.39, 0.29) is 5.41 Å². The maximum absolute atomic E-state index is 11.0. The molecular weight excluding hydrogens is 262 g/mol. The second-order valence-electron chi connectivity index (χ2n) is 7.16. The van der Waals surface area contributed by atoms with Gasteiger partial charge in [-0.15, -0.1) is 0 Å². The molecule has 0 spiro atoms. The molecule has 0 radical (unpaired) electrons. The van der Waals surface area contributed by atoms with Crippen molar-refractivity contribution >= 4 is 0 Å². The quantitative estimate of drug-likeness (QED) is 0.846. The van der Waals surface area contributed by atoms with Crippen LogP contribution in [0, 0.1) is 11.3 Å². The Morgan fingerprint density at radius 1 is 1.38 bits per heavy atom. The molecular formula is C17H29N3O. The monoisotopic (exact) mass is 291 g/mol. The summed E-state index contributed by atoms with van der Waals surface area (Å²) < 4.78 is 2.18. The van der Waals surface area contributed by atoms with Gasteiger partial charge >= 0.3 is 0 Å². The zero-order chi connectivity index (χ0) is 14.9. The molecule has 1 aromatic rings. The zero-order valence-corrected chi connectivity index (χ0v) is 13.2. The Morgan fingerprint density at radius 2 is 2.10 bits per heavy atom. The van der Waals surface area contributed by atoms with E-state index in [1.165, 1.54) is 38.5 Å². The minimum absolute atomic E-state index is 0.142. The van der Waals surface area contributed by atoms with E-state index < -0.39 is 6.10 Å². The van der Waals surface area contributed by atoms with Crippen LogP contribution in [0.25, 0.3) is 0 Å². The number of aromatic nitrogens is 2. The first kappa shape index (κ1) is 15.0. The topological polar surface area (TPSA) is 64.1 Å². The van der Waals surface area contributed by atoms with E-state index in [4.69, 9.17) is 5.73 Å². The lowest BCUT2D eigenvalue weighted by Crippen LogP contribution is -2.40. The molecule has 4 nitrogen and oxygen atoms in total. The molecule has 2 aliphatic carbocycles. The highest BCUT2D eigenvalue weighted by Crippen LogP contribution is 2.49. The maximum Gasteiger partial charge on any atom is 0.102 e. The number of imidazole rings is 1. The first-order valence-corrected chi connectivity index (χ1v) is 8.60. The van der Waals surface area contributed by atoms with Gasteiger partial charge in [-0.1, -0.05) is 19.8 Å². The average Bonchev–Trinajstić information content (AvgIpc) is 3.25. The Hall–Kier alpha value is -0.870. The molecule has 0 amide bonds. The fourth-order valence-corrected chi connectivity index (χ4v) is 4.04. The van der Waals surface area contributed by atoms with Gasteiger partial charge in [-0.2, -0.15) is 0 Å². The second-order valence-corrected chi connectivity index (χ2v) is 7.16. The number of hydrogen-bond donors (Lipinski definition) is 2. The van der Waals surface area contributed by atoms with E-state index in [0.717, 1.165) is 24.5 Å². The summed E-state index contributed by atoms with van der Waals surface area (Å²) >= 11 is 0. The van der Waals surface area contributed by atoms with Crippen LogP contribution >= 0.6 is 0 Å². The van der Waals surface area contributed by atoms with E-state index >= 15 is 0 Å². The fraction of sp³-hybridized carbons (Fsp3) is 0.824. The predicted molar refractivity (Wildman–Crippen MR) is 83.8 cm³/mol. The Bertz CT molecular complexity index is 458. The normalized spacial score (nSPS) is 31.3. The van der Waals surface area contributed by atoms with Crippen LogP contribution in [0.5, 0.6) is 0 Å². The lowest BCUT2D eigenvalue weighted by molar-refractivity contribution is -0.0155. The number of nitrogens with two attached hydrogens (primary N) is 1. The van der Waals surface area contributed by atoms with Crippen molar-refractivity contribution in [1.82, 2.24) is 9.55 Å². The highest BCUT2D eigenvalue weighted by Gasteiger charge is 2.42. The molecule has 1 heterocycles. The highest BCUT2D eigenvalue weighted by atomic mass is 16.3. The summed E-state index contributed by atoms with van der Waals surface area (Å²) in [5, 5.41) is 11.0. The van der Waals surface area contributed by atoms with Crippen LogP contribution in [-0.2, 0) is 0 Å². The van der Waals surface area contributed by atoms with Gasteiger partial charge < -0.3 is 15.4 Å². The molecule has 2 aliphatic rings. The second kappa shape index (κ2) is 6.09. The van der Waals surface area contributed by atoms with Crippen molar-refractivity contribution in [3.05, 3.63) is 18.2 Å². The Morgan fingerprint density at radius 3 is 2.67 bits per heavy atom. The fourth-order valence-electron chi connectivity index (χ4n) is 4.04. The first-order chi connectivity index (χ1) is 10.2. The van der Waals surface area contributed by atoms with E-state index in [9.17, 15) is 5.11 Å². The molecule has 3 rings (SSSR count). The molecule has 0 aliphatic heterocycles. The van der Waals surface area contributed by atoms with Gasteiger partial charge in [-0.25, -0.2) is 4.98 Å². The summed E-state index contributed by atoms with van der Waals surface area (Å²) in [5.74, 6) is 0.829. The summed E-state index contributed by atoms with van der Waals surface area (Å²) in [4.78, 5) is 4.27. The molecule has 1 atom stereocenters. The van der Waals surface area contributed by atoms with Crippen molar-refractivity contribution in [3.8, 4) is 0 Å². The highest BCUT2D eigenvalue weighted by molar-refractivity contribution is 5.12. The summed E-state index contributed by atoms with van der Waals surface area (Å²) in [6.07, 6.45) is 12.8. The Balaban J connectivity index is 1.74. The number of aliphatic hydroxyl groups excluding tert-OH is 1. The molecule has 0 bridgehead atoms. The van der Waals surface area contributed by atoms with Crippen molar-refractivity contribution < 1.29 is 5.11 Å². The van der Waals surface area contributed by atoms with Gasteiger partial charge in [0.2, 0.25) is 0 Å². The van der Waals surface area contributed by atoms with E-state index in [2.05, 4.69) is 16.5 Å². The van der Waals surface area contributed by atoms with Crippen molar-refractivity contribution in [1.29, 1.82) is 0 Å². The van der Waals surface area contributed by atoms with Crippen LogP contribution in [0.3, 0.4) is 0 Å². The minimum atomic E-state index is -0.465. The Labute approximate surface area is 127 Å². The molecule has 1 aromatic heterocycles. The molecule has 3 N–H and O–H groups in total. The number of aliphatic hydroxyl groups is 1. The first-order valence-electron chi connectivity index (χ1n) is 8.60. The summed E-state index contributed by atoms with van der Waals surface area (Å²) in [7, 11) is 0. The van der Waals surface area contributed by atoms with Gasteiger partial charge in [0.25, 0.3) is 0 Å². The SMILES string of the molecule is CCCC1CCC(CN)(C(O)c2cncn2C2CC2)CC1. The van der Waals surface area contributed by atoms with Gasteiger partial charge in [-0.05, 0) is 44.4 Å². The molecule has 2 fully saturated rings. The third-order valence-electron chi connectivity index (χ3n) is 5.70. The zero-order valence-electron chi connectivity index (χ0n) is 13.2. The largest absolute Gasteiger partial charge is 0.386 e. The molecule has 1 unspecified atom stereocenters. The van der Waals surface area contributed by atoms with Crippen molar-refractivity contribution in [2.75, 3.05) is 6.54 Å². The van der Waals surface area contributed by atoms with Crippen LogP contribution in [-0.4, -0.2) is 21.2 Å². The van der Waals surface area contributed by atoms with Gasteiger partial charge in [0.1, 0.15) is 6.10 Å². The van der Waals surface area contributed by atoms with Crippen molar-refractivity contribution in [2.24, 2.45) is 17.1 Å². The van der Waals surface area contributed by atoms with Gasteiger partial charge in [0, 0.05) is 18.0 Å². The summed E-state index contributed by atoms with van der Waals surface area (Å²) in [6.45, 7) is 2.83. The van der Waals surface area contributed by atoms with Crippen molar-refractivity contribution in [2.45, 2.75) is 70.4 Å². The maximum atomic E-state index is 11.0. The van der Waals surface area contributed by atoms with Gasteiger partial charge in [0.15, 0.2) is 0 Å². The van der Waals surface area contributed by atoms with Crippen LogP contribution in [0.2, 0.25) is 0 Å². The standard InChI is InChI=1S/C17H29N3O/c1-2-3-13-6-8-17(11-18,9-7-13)16(21)15-10-19-12-20(15)14-4-5-14/h10,12-14,16,21H,2-9,11,18H2,1H3. The lowest BCUT2D eigenvalue weighted by atomic mass is 9.66. The number of nitrogens with zero attached hydrogens (tertiary/aromatic N) is 2. The molecule has 0 aromatic carbocycles. The van der Waals surface area contributed by atoms with Crippen LogP contribution < -0.4 is 5.73 Å². The average molecular weight is 291 g/mol. The molecule has 21 heavy (non-hydrogen) atoms. The Kier molecular flexibility index (Phi) is 4.36. The van der Waals surface area contributed by atoms with Gasteiger partial charge in [-0.3, -0.25) is 0 Å². The van der Waals surface area contributed by atoms with E-state index in [1.807, 2.05) is 12.5 Å². The lowest BCUT2D eigenvalue weighted by Gasteiger charge is -2.43. The summed E-state index contributed by atoms with van der Waals surface area (Å²) in [5.41, 5.74) is 6.96. The summed E-state index contributed by atoms with van der Waals surface area (Å²) in [6, 6.07) is 0.559. The smallest absolute Gasteiger partial charge is 0.102 e. The van der Waals surface area contributed by atoms with E-state index in [0.29, 0.717) is 12.6 Å².